The predicted molar refractivity (Wildman–Crippen MR) is 99.2 cm³/mol. The van der Waals surface area contributed by atoms with Gasteiger partial charge < -0.3 is 21.1 Å². The number of esters is 1. The number of carbonyl (C=O) groups is 3. The molecule has 2 amide bonds. The van der Waals surface area contributed by atoms with E-state index >= 15 is 0 Å². The molecule has 0 aromatic heterocycles. The molecule has 7 nitrogen and oxygen atoms in total. The first-order chi connectivity index (χ1) is 12.4. The Morgan fingerprint density at radius 2 is 1.69 bits per heavy atom. The molecule has 0 aliphatic heterocycles. The van der Waals surface area contributed by atoms with Gasteiger partial charge in [0.05, 0.1) is 13.2 Å². The van der Waals surface area contributed by atoms with E-state index in [0.717, 1.165) is 18.4 Å². The van der Waals surface area contributed by atoms with Gasteiger partial charge in [0.25, 0.3) is 0 Å². The third-order valence-corrected chi connectivity index (χ3v) is 3.98. The highest BCUT2D eigenvalue weighted by Crippen LogP contribution is 2.07. The maximum atomic E-state index is 12.7. The lowest BCUT2D eigenvalue weighted by Crippen LogP contribution is -2.54. The molecule has 1 aromatic carbocycles. The number of amides is 2. The highest BCUT2D eigenvalue weighted by Gasteiger charge is 2.27. The summed E-state index contributed by atoms with van der Waals surface area (Å²) in [6.45, 7) is 3.55. The van der Waals surface area contributed by atoms with E-state index in [2.05, 4.69) is 10.6 Å². The molecule has 4 N–H and O–H groups in total. The summed E-state index contributed by atoms with van der Waals surface area (Å²) in [5, 5.41) is 5.35. The van der Waals surface area contributed by atoms with Crippen molar-refractivity contribution in [3.8, 4) is 0 Å². The van der Waals surface area contributed by atoms with Crippen molar-refractivity contribution >= 4 is 17.8 Å². The van der Waals surface area contributed by atoms with Gasteiger partial charge >= 0.3 is 5.97 Å². The summed E-state index contributed by atoms with van der Waals surface area (Å²) in [6, 6.07) is 7.05. The van der Waals surface area contributed by atoms with Crippen molar-refractivity contribution < 1.29 is 19.1 Å². The number of ether oxygens (including phenoxy) is 1. The Bertz CT molecular complexity index is 590. The van der Waals surface area contributed by atoms with E-state index in [1.165, 1.54) is 7.11 Å². The Balaban J connectivity index is 2.85. The number of methoxy groups -OCH3 is 1. The molecular formula is C19H29N3O4. The molecule has 0 unspecified atom stereocenters. The number of rotatable bonds is 10. The maximum Gasteiger partial charge on any atom is 0.328 e. The lowest BCUT2D eigenvalue weighted by Gasteiger charge is -2.23. The highest BCUT2D eigenvalue weighted by molar-refractivity contribution is 5.91. The molecule has 1 aromatic rings. The van der Waals surface area contributed by atoms with Crippen molar-refractivity contribution in [3.05, 3.63) is 35.9 Å². The van der Waals surface area contributed by atoms with Crippen LogP contribution in [-0.2, 0) is 25.5 Å². The lowest BCUT2D eigenvalue weighted by atomic mass is 10.0. The maximum absolute atomic E-state index is 12.7. The van der Waals surface area contributed by atoms with Gasteiger partial charge in [0.1, 0.15) is 12.1 Å². The fourth-order valence-corrected chi connectivity index (χ4v) is 2.44. The zero-order chi connectivity index (χ0) is 19.5. The SMILES string of the molecule is CCCC[C@H](NC(=O)[C@H](C)N)C(=O)N[C@@H](Cc1ccccc1)C(=O)OC. The molecule has 1 rings (SSSR count). The molecular weight excluding hydrogens is 334 g/mol. The van der Waals surface area contributed by atoms with Crippen molar-refractivity contribution in [1.29, 1.82) is 0 Å². The third-order valence-electron chi connectivity index (χ3n) is 3.98. The summed E-state index contributed by atoms with van der Waals surface area (Å²) in [4.78, 5) is 36.6. The zero-order valence-corrected chi connectivity index (χ0v) is 15.7. The van der Waals surface area contributed by atoms with Crippen LogP contribution >= 0.6 is 0 Å². The van der Waals surface area contributed by atoms with Crippen LogP contribution < -0.4 is 16.4 Å². The molecule has 0 bridgehead atoms. The molecule has 0 fully saturated rings. The molecule has 7 heteroatoms. The van der Waals surface area contributed by atoms with E-state index in [-0.39, 0.29) is 0 Å². The second-order valence-electron chi connectivity index (χ2n) is 6.27. The molecule has 0 aliphatic rings. The van der Waals surface area contributed by atoms with Crippen LogP contribution in [0, 0.1) is 0 Å². The van der Waals surface area contributed by atoms with E-state index in [0.29, 0.717) is 12.8 Å². The van der Waals surface area contributed by atoms with E-state index in [1.807, 2.05) is 37.3 Å². The second kappa shape index (κ2) is 11.3. The fourth-order valence-electron chi connectivity index (χ4n) is 2.44. The quantitative estimate of drug-likeness (QED) is 0.535. The molecule has 0 radical (unpaired) electrons. The van der Waals surface area contributed by atoms with Crippen molar-refractivity contribution in [2.24, 2.45) is 5.73 Å². The smallest absolute Gasteiger partial charge is 0.328 e. The third kappa shape index (κ3) is 7.23. The summed E-state index contributed by atoms with van der Waals surface area (Å²) in [5.74, 6) is -1.35. The van der Waals surface area contributed by atoms with Crippen LogP contribution in [0.4, 0.5) is 0 Å². The van der Waals surface area contributed by atoms with Crippen molar-refractivity contribution in [1.82, 2.24) is 10.6 Å². The largest absolute Gasteiger partial charge is 0.467 e. The number of carbonyl (C=O) groups excluding carboxylic acids is 3. The minimum Gasteiger partial charge on any atom is -0.467 e. The number of benzene rings is 1. The summed E-state index contributed by atoms with van der Waals surface area (Å²) >= 11 is 0. The highest BCUT2D eigenvalue weighted by atomic mass is 16.5. The van der Waals surface area contributed by atoms with Gasteiger partial charge in [-0.05, 0) is 18.9 Å². The Morgan fingerprint density at radius 3 is 2.23 bits per heavy atom. The molecule has 0 saturated carbocycles. The van der Waals surface area contributed by atoms with E-state index in [1.54, 1.807) is 6.92 Å². The fraction of sp³-hybridized carbons (Fsp3) is 0.526. The van der Waals surface area contributed by atoms with E-state index in [9.17, 15) is 14.4 Å². The predicted octanol–water partition coefficient (Wildman–Crippen LogP) is 0.909. The lowest BCUT2D eigenvalue weighted by molar-refractivity contribution is -0.145. The van der Waals surface area contributed by atoms with Crippen LogP contribution in [0.25, 0.3) is 0 Å². The first kappa shape index (κ1) is 21.6. The molecule has 0 saturated heterocycles. The van der Waals surface area contributed by atoms with Crippen LogP contribution in [0.15, 0.2) is 30.3 Å². The van der Waals surface area contributed by atoms with E-state index in [4.69, 9.17) is 10.5 Å². The van der Waals surface area contributed by atoms with Crippen LogP contribution in [-0.4, -0.2) is 43.0 Å². The van der Waals surface area contributed by atoms with Crippen LogP contribution in [0.2, 0.25) is 0 Å². The van der Waals surface area contributed by atoms with E-state index < -0.39 is 35.9 Å². The van der Waals surface area contributed by atoms with Gasteiger partial charge in [0.15, 0.2) is 0 Å². The van der Waals surface area contributed by atoms with Gasteiger partial charge in [-0.1, -0.05) is 50.1 Å². The number of nitrogens with one attached hydrogen (secondary N) is 2. The van der Waals surface area contributed by atoms with Gasteiger partial charge in [0, 0.05) is 6.42 Å². The zero-order valence-electron chi connectivity index (χ0n) is 15.7. The molecule has 0 aliphatic carbocycles. The minimum absolute atomic E-state index is 0.307. The number of hydrogen-bond acceptors (Lipinski definition) is 5. The normalized spacial score (nSPS) is 14.0. The summed E-state index contributed by atoms with van der Waals surface area (Å²) in [6.07, 6.45) is 2.42. The topological polar surface area (TPSA) is 111 Å². The van der Waals surface area contributed by atoms with Crippen molar-refractivity contribution in [2.75, 3.05) is 7.11 Å². The molecule has 0 spiro atoms. The van der Waals surface area contributed by atoms with Gasteiger partial charge in [0.2, 0.25) is 11.8 Å². The second-order valence-corrected chi connectivity index (χ2v) is 6.27. The standard InChI is InChI=1S/C19H29N3O4/c1-4-5-11-15(21-17(23)13(2)20)18(24)22-16(19(25)26-3)12-14-9-7-6-8-10-14/h6-10,13,15-16H,4-5,11-12,20H2,1-3H3,(H,21,23)(H,22,24)/t13-,15-,16-/m0/s1. The Kier molecular flexibility index (Phi) is 9.36. The molecule has 144 valence electrons. The number of hydrogen-bond donors (Lipinski definition) is 3. The molecule has 26 heavy (non-hydrogen) atoms. The first-order valence-electron chi connectivity index (χ1n) is 8.87. The Labute approximate surface area is 154 Å². The average Bonchev–Trinajstić information content (AvgIpc) is 2.64. The van der Waals surface area contributed by atoms with Crippen LogP contribution in [0.5, 0.6) is 0 Å². The summed E-state index contributed by atoms with van der Waals surface area (Å²) in [7, 11) is 1.28. The Morgan fingerprint density at radius 1 is 1.08 bits per heavy atom. The summed E-state index contributed by atoms with van der Waals surface area (Å²) in [5.41, 5.74) is 6.46. The van der Waals surface area contributed by atoms with Crippen LogP contribution in [0.1, 0.15) is 38.7 Å². The van der Waals surface area contributed by atoms with Gasteiger partial charge in [-0.15, -0.1) is 0 Å². The van der Waals surface area contributed by atoms with Crippen molar-refractivity contribution in [3.63, 3.8) is 0 Å². The average molecular weight is 363 g/mol. The van der Waals surface area contributed by atoms with Gasteiger partial charge in [-0.3, -0.25) is 9.59 Å². The van der Waals surface area contributed by atoms with Crippen molar-refractivity contribution in [2.45, 2.75) is 57.7 Å². The molecule has 0 heterocycles. The monoisotopic (exact) mass is 363 g/mol. The number of unbranched alkanes of at least 4 members (excludes halogenated alkanes) is 1. The first-order valence-corrected chi connectivity index (χ1v) is 8.87. The Hall–Kier alpha value is -2.41. The van der Waals surface area contributed by atoms with Gasteiger partial charge in [-0.25, -0.2) is 4.79 Å². The number of nitrogens with two attached hydrogens (primary N) is 1. The van der Waals surface area contributed by atoms with Gasteiger partial charge in [-0.2, -0.15) is 0 Å². The molecule has 3 atom stereocenters. The van der Waals surface area contributed by atoms with Crippen LogP contribution in [0.3, 0.4) is 0 Å². The summed E-state index contributed by atoms with van der Waals surface area (Å²) < 4.78 is 4.80. The minimum atomic E-state index is -0.828.